The number of rotatable bonds is 3. The molecule has 1 fully saturated rings. The van der Waals surface area contributed by atoms with Gasteiger partial charge in [0, 0.05) is 17.4 Å². The lowest BCUT2D eigenvalue weighted by molar-refractivity contribution is -0.166. The Labute approximate surface area is 153 Å². The Morgan fingerprint density at radius 1 is 1.08 bits per heavy atom. The summed E-state index contributed by atoms with van der Waals surface area (Å²) in [5.41, 5.74) is 2.68. The largest absolute Gasteiger partial charge is 0.497 e. The van der Waals surface area contributed by atoms with Crippen LogP contribution in [-0.4, -0.2) is 20.0 Å². The van der Waals surface area contributed by atoms with Crippen LogP contribution in [0.4, 0.5) is 0 Å². The van der Waals surface area contributed by atoms with Gasteiger partial charge in [0.1, 0.15) is 11.5 Å². The summed E-state index contributed by atoms with van der Waals surface area (Å²) in [6.07, 6.45) is 1.65. The number of nitriles is 1. The van der Waals surface area contributed by atoms with Gasteiger partial charge in [-0.05, 0) is 30.5 Å². The van der Waals surface area contributed by atoms with Crippen molar-refractivity contribution in [1.82, 2.24) is 0 Å². The molecule has 2 aromatic rings. The zero-order chi connectivity index (χ0) is 17.9. The summed E-state index contributed by atoms with van der Waals surface area (Å²) in [7, 11) is 1.66. The van der Waals surface area contributed by atoms with Gasteiger partial charge in [-0.15, -0.1) is 0 Å². The molecule has 0 spiro atoms. The van der Waals surface area contributed by atoms with Crippen LogP contribution < -0.4 is 4.74 Å². The molecule has 4 rings (SSSR count). The van der Waals surface area contributed by atoms with Crippen molar-refractivity contribution in [3.05, 3.63) is 71.3 Å². The van der Waals surface area contributed by atoms with E-state index in [1.807, 2.05) is 54.6 Å². The molecule has 0 aromatic heterocycles. The third-order valence-electron chi connectivity index (χ3n) is 5.16. The van der Waals surface area contributed by atoms with Gasteiger partial charge in [-0.3, -0.25) is 0 Å². The molecule has 0 amide bonds. The second kappa shape index (κ2) is 7.23. The first-order chi connectivity index (χ1) is 12.8. The molecule has 2 aromatic carbocycles. The SMILES string of the molecule is COc1ccc([C@@H]2C(C#N)=C(c3ccccc3)O[C@@H]3OCCC[C@@H]32)cc1. The Morgan fingerprint density at radius 2 is 1.85 bits per heavy atom. The Kier molecular flexibility index (Phi) is 4.64. The maximum Gasteiger partial charge on any atom is 0.203 e. The zero-order valence-electron chi connectivity index (χ0n) is 14.7. The summed E-state index contributed by atoms with van der Waals surface area (Å²) < 4.78 is 17.4. The summed E-state index contributed by atoms with van der Waals surface area (Å²) in [6, 6.07) is 20.2. The van der Waals surface area contributed by atoms with E-state index in [-0.39, 0.29) is 18.1 Å². The van der Waals surface area contributed by atoms with Crippen LogP contribution >= 0.6 is 0 Å². The lowest BCUT2D eigenvalue weighted by Crippen LogP contribution is -2.39. The molecule has 0 N–H and O–H groups in total. The first kappa shape index (κ1) is 16.7. The molecule has 3 atom stereocenters. The number of benzene rings is 2. The Morgan fingerprint density at radius 3 is 2.54 bits per heavy atom. The van der Waals surface area contributed by atoms with Gasteiger partial charge < -0.3 is 14.2 Å². The van der Waals surface area contributed by atoms with Crippen molar-refractivity contribution in [3.8, 4) is 11.8 Å². The summed E-state index contributed by atoms with van der Waals surface area (Å²) in [4.78, 5) is 0. The minimum Gasteiger partial charge on any atom is -0.497 e. The first-order valence-electron chi connectivity index (χ1n) is 8.93. The van der Waals surface area contributed by atoms with Gasteiger partial charge in [0.15, 0.2) is 0 Å². The molecular weight excluding hydrogens is 326 g/mol. The molecular formula is C22H21NO3. The molecule has 132 valence electrons. The monoisotopic (exact) mass is 347 g/mol. The van der Waals surface area contributed by atoms with Crippen molar-refractivity contribution in [1.29, 1.82) is 5.26 Å². The van der Waals surface area contributed by atoms with Crippen molar-refractivity contribution >= 4 is 5.76 Å². The summed E-state index contributed by atoms with van der Waals surface area (Å²) >= 11 is 0. The van der Waals surface area contributed by atoms with Crippen molar-refractivity contribution in [2.75, 3.05) is 13.7 Å². The van der Waals surface area contributed by atoms with Gasteiger partial charge in [0.2, 0.25) is 6.29 Å². The van der Waals surface area contributed by atoms with Crippen LogP contribution in [0.2, 0.25) is 0 Å². The minimum absolute atomic E-state index is 0.0415. The van der Waals surface area contributed by atoms with Crippen molar-refractivity contribution in [2.45, 2.75) is 25.0 Å². The third kappa shape index (κ3) is 2.95. The van der Waals surface area contributed by atoms with Crippen LogP contribution in [-0.2, 0) is 9.47 Å². The number of hydrogen-bond donors (Lipinski definition) is 0. The van der Waals surface area contributed by atoms with Crippen molar-refractivity contribution < 1.29 is 14.2 Å². The molecule has 1 saturated heterocycles. The minimum atomic E-state index is -0.317. The number of nitrogens with zero attached hydrogens (tertiary/aromatic N) is 1. The first-order valence-corrected chi connectivity index (χ1v) is 8.93. The quantitative estimate of drug-likeness (QED) is 0.820. The average molecular weight is 347 g/mol. The van der Waals surface area contributed by atoms with Gasteiger partial charge in [0.25, 0.3) is 0 Å². The predicted molar refractivity (Wildman–Crippen MR) is 98.3 cm³/mol. The molecule has 2 aliphatic rings. The highest BCUT2D eigenvalue weighted by molar-refractivity contribution is 5.70. The molecule has 2 aliphatic heterocycles. The highest BCUT2D eigenvalue weighted by Crippen LogP contribution is 2.47. The van der Waals surface area contributed by atoms with Crippen molar-refractivity contribution in [3.63, 3.8) is 0 Å². The van der Waals surface area contributed by atoms with Gasteiger partial charge in [-0.25, -0.2) is 0 Å². The van der Waals surface area contributed by atoms with E-state index in [4.69, 9.17) is 14.2 Å². The van der Waals surface area contributed by atoms with Gasteiger partial charge in [0.05, 0.1) is 25.4 Å². The number of hydrogen-bond acceptors (Lipinski definition) is 4. The molecule has 4 heteroatoms. The third-order valence-corrected chi connectivity index (χ3v) is 5.16. The summed E-state index contributed by atoms with van der Waals surface area (Å²) in [5, 5.41) is 9.99. The van der Waals surface area contributed by atoms with E-state index in [9.17, 15) is 5.26 Å². The average Bonchev–Trinajstić information content (AvgIpc) is 2.73. The van der Waals surface area contributed by atoms with E-state index in [0.717, 1.165) is 29.7 Å². The van der Waals surface area contributed by atoms with Crippen LogP contribution in [0, 0.1) is 17.2 Å². The predicted octanol–water partition coefficient (Wildman–Crippen LogP) is 4.50. The molecule has 4 nitrogen and oxygen atoms in total. The molecule has 2 heterocycles. The van der Waals surface area contributed by atoms with E-state index in [1.165, 1.54) is 0 Å². The van der Waals surface area contributed by atoms with Crippen LogP contribution in [0.5, 0.6) is 5.75 Å². The number of allylic oxidation sites excluding steroid dienone is 1. The van der Waals surface area contributed by atoms with E-state index >= 15 is 0 Å². The maximum absolute atomic E-state index is 9.99. The smallest absolute Gasteiger partial charge is 0.203 e. The highest BCUT2D eigenvalue weighted by atomic mass is 16.7. The fraction of sp³-hybridized carbons (Fsp3) is 0.318. The van der Waals surface area contributed by atoms with Gasteiger partial charge in [-0.2, -0.15) is 5.26 Å². The van der Waals surface area contributed by atoms with Crippen molar-refractivity contribution in [2.24, 2.45) is 5.92 Å². The lowest BCUT2D eigenvalue weighted by atomic mass is 9.75. The lowest BCUT2D eigenvalue weighted by Gasteiger charge is -2.41. The van der Waals surface area contributed by atoms with Crippen LogP contribution in [0.25, 0.3) is 5.76 Å². The Balaban J connectivity index is 1.84. The van der Waals surface area contributed by atoms with Gasteiger partial charge >= 0.3 is 0 Å². The van der Waals surface area contributed by atoms with Crippen LogP contribution in [0.1, 0.15) is 29.9 Å². The Bertz CT molecular complexity index is 836. The number of ether oxygens (including phenoxy) is 3. The fourth-order valence-electron chi connectivity index (χ4n) is 3.92. The second-order valence-corrected chi connectivity index (χ2v) is 6.63. The normalized spacial score (nSPS) is 25.0. The van der Waals surface area contributed by atoms with Crippen LogP contribution in [0.3, 0.4) is 0 Å². The summed E-state index contributed by atoms with van der Waals surface area (Å²) in [6.45, 7) is 0.695. The molecule has 0 unspecified atom stereocenters. The van der Waals surface area contributed by atoms with Gasteiger partial charge in [-0.1, -0.05) is 42.5 Å². The highest BCUT2D eigenvalue weighted by Gasteiger charge is 2.43. The topological polar surface area (TPSA) is 51.5 Å². The molecule has 0 saturated carbocycles. The molecule has 26 heavy (non-hydrogen) atoms. The second-order valence-electron chi connectivity index (χ2n) is 6.63. The molecule has 0 bridgehead atoms. The standard InChI is InChI=1S/C22H21NO3/c1-24-17-11-9-15(10-12-17)20-18-8-5-13-25-22(18)26-21(19(20)14-23)16-6-3-2-4-7-16/h2-4,6-7,9-12,18,20,22H,5,8,13H2,1H3/t18-,20+,22+/m1/s1. The number of fused-ring (bicyclic) bond motifs is 1. The van der Waals surface area contributed by atoms with E-state index in [2.05, 4.69) is 6.07 Å². The zero-order valence-corrected chi connectivity index (χ0v) is 14.7. The van der Waals surface area contributed by atoms with E-state index < -0.39 is 0 Å². The maximum atomic E-state index is 9.99. The van der Waals surface area contributed by atoms with E-state index in [1.54, 1.807) is 7.11 Å². The summed E-state index contributed by atoms with van der Waals surface area (Å²) in [5.74, 6) is 1.54. The van der Waals surface area contributed by atoms with E-state index in [0.29, 0.717) is 17.9 Å². The molecule has 0 radical (unpaired) electrons. The Hall–Kier alpha value is -2.77. The number of methoxy groups -OCH3 is 1. The van der Waals surface area contributed by atoms with Crippen LogP contribution in [0.15, 0.2) is 60.2 Å². The fourth-order valence-corrected chi connectivity index (χ4v) is 3.92. The molecule has 0 aliphatic carbocycles.